The summed E-state index contributed by atoms with van der Waals surface area (Å²) in [7, 11) is 0. The topological polar surface area (TPSA) is 0 Å². The number of allylic oxidation sites excluding steroid dienone is 2. The maximum atomic E-state index is 2.57. The first-order valence-corrected chi connectivity index (χ1v) is 7.35. The molecule has 0 amide bonds. The Morgan fingerprint density at radius 3 is 2.79 bits per heavy atom. The number of fused-ring (bicyclic) bond motifs is 1. The highest BCUT2D eigenvalue weighted by Crippen LogP contribution is 2.65. The van der Waals surface area contributed by atoms with Crippen LogP contribution in [0.2, 0.25) is 0 Å². The van der Waals surface area contributed by atoms with E-state index in [0.29, 0.717) is 5.41 Å². The molecular weight excluding hydrogens is 188 g/mol. The van der Waals surface area contributed by atoms with Crippen LogP contribution in [0.1, 0.15) is 44.9 Å². The van der Waals surface area contributed by atoms with E-state index >= 15 is 0 Å². The van der Waals surface area contributed by atoms with Gasteiger partial charge in [0.15, 0.2) is 0 Å². The van der Waals surface area contributed by atoms with E-state index in [0.717, 1.165) is 11.8 Å². The molecule has 3 aliphatic rings. The average Bonchev–Trinajstić information content (AvgIpc) is 3.00. The van der Waals surface area contributed by atoms with Gasteiger partial charge in [-0.15, -0.1) is 11.8 Å². The molecule has 0 aromatic rings. The van der Waals surface area contributed by atoms with Gasteiger partial charge in [-0.05, 0) is 55.1 Å². The average molecular weight is 208 g/mol. The summed E-state index contributed by atoms with van der Waals surface area (Å²) in [6, 6.07) is 0. The second-order valence-electron chi connectivity index (χ2n) is 5.27. The van der Waals surface area contributed by atoms with E-state index in [1.54, 1.807) is 4.91 Å². The zero-order valence-electron chi connectivity index (χ0n) is 9.09. The highest BCUT2D eigenvalue weighted by atomic mass is 32.2. The van der Waals surface area contributed by atoms with E-state index in [1.807, 2.05) is 11.8 Å². The van der Waals surface area contributed by atoms with E-state index in [4.69, 9.17) is 0 Å². The third-order valence-corrected chi connectivity index (χ3v) is 5.68. The third-order valence-electron chi connectivity index (χ3n) is 4.69. The molecule has 0 bridgehead atoms. The second kappa shape index (κ2) is 3.30. The molecular formula is C13H20S. The van der Waals surface area contributed by atoms with Crippen LogP contribution in [-0.4, -0.2) is 6.26 Å². The molecule has 3 rings (SSSR count). The van der Waals surface area contributed by atoms with Crippen LogP contribution in [0.5, 0.6) is 0 Å². The zero-order chi connectivity index (χ0) is 9.60. The van der Waals surface area contributed by atoms with Crippen LogP contribution in [0.15, 0.2) is 11.0 Å². The van der Waals surface area contributed by atoms with Gasteiger partial charge in [-0.2, -0.15) is 0 Å². The quantitative estimate of drug-likeness (QED) is 0.654. The molecule has 2 atom stereocenters. The second-order valence-corrected chi connectivity index (χ2v) is 6.11. The molecule has 1 heteroatoms. The molecule has 0 saturated heterocycles. The molecule has 0 aromatic carbocycles. The minimum Gasteiger partial charge on any atom is -0.134 e. The van der Waals surface area contributed by atoms with Crippen molar-refractivity contribution in [2.45, 2.75) is 44.9 Å². The minimum absolute atomic E-state index is 0.692. The lowest BCUT2D eigenvalue weighted by Crippen LogP contribution is -2.33. The fourth-order valence-electron chi connectivity index (χ4n) is 3.97. The summed E-state index contributed by atoms with van der Waals surface area (Å²) < 4.78 is 0. The van der Waals surface area contributed by atoms with E-state index in [2.05, 4.69) is 12.3 Å². The molecule has 78 valence electrons. The highest BCUT2D eigenvalue weighted by Gasteiger charge is 2.54. The minimum atomic E-state index is 0.692. The molecule has 0 spiro atoms. The van der Waals surface area contributed by atoms with Crippen molar-refractivity contribution in [3.63, 3.8) is 0 Å². The lowest BCUT2D eigenvalue weighted by Gasteiger charge is -2.42. The van der Waals surface area contributed by atoms with Gasteiger partial charge in [0.05, 0.1) is 0 Å². The first-order chi connectivity index (χ1) is 6.88. The molecule has 2 fully saturated rings. The van der Waals surface area contributed by atoms with Crippen LogP contribution in [0, 0.1) is 17.3 Å². The van der Waals surface area contributed by atoms with Crippen molar-refractivity contribution in [3.05, 3.63) is 11.0 Å². The van der Waals surface area contributed by atoms with Crippen LogP contribution >= 0.6 is 11.8 Å². The molecule has 0 N–H and O–H groups in total. The SMILES string of the molecule is CSC1=CCC2CCCCC12C1CC1. The van der Waals surface area contributed by atoms with Crippen molar-refractivity contribution in [1.82, 2.24) is 0 Å². The van der Waals surface area contributed by atoms with Crippen molar-refractivity contribution in [2.24, 2.45) is 17.3 Å². The predicted molar refractivity (Wildman–Crippen MR) is 63.3 cm³/mol. The summed E-state index contributed by atoms with van der Waals surface area (Å²) >= 11 is 2.05. The normalized spacial score (nSPS) is 42.1. The molecule has 0 aromatic heterocycles. The summed E-state index contributed by atoms with van der Waals surface area (Å²) in [4.78, 5) is 1.77. The van der Waals surface area contributed by atoms with Gasteiger partial charge in [0.25, 0.3) is 0 Å². The summed E-state index contributed by atoms with van der Waals surface area (Å²) in [5.41, 5.74) is 0.692. The molecule has 2 saturated carbocycles. The van der Waals surface area contributed by atoms with Gasteiger partial charge < -0.3 is 0 Å². The smallest absolute Gasteiger partial charge is 0.00688 e. The fourth-order valence-corrected chi connectivity index (χ4v) is 5.05. The lowest BCUT2D eigenvalue weighted by atomic mass is 9.65. The van der Waals surface area contributed by atoms with E-state index in [-0.39, 0.29) is 0 Å². The number of rotatable bonds is 2. The Balaban J connectivity index is 1.94. The van der Waals surface area contributed by atoms with Crippen molar-refractivity contribution < 1.29 is 0 Å². The Hall–Kier alpha value is 0.0900. The summed E-state index contributed by atoms with van der Waals surface area (Å²) in [5.74, 6) is 2.11. The van der Waals surface area contributed by atoms with Crippen molar-refractivity contribution >= 4 is 11.8 Å². The van der Waals surface area contributed by atoms with Crippen LogP contribution in [0.4, 0.5) is 0 Å². The largest absolute Gasteiger partial charge is 0.134 e. The van der Waals surface area contributed by atoms with E-state index in [9.17, 15) is 0 Å². The molecule has 0 aliphatic heterocycles. The van der Waals surface area contributed by atoms with Gasteiger partial charge in [-0.3, -0.25) is 0 Å². The number of thioether (sulfide) groups is 1. The number of hydrogen-bond donors (Lipinski definition) is 0. The molecule has 3 aliphatic carbocycles. The van der Waals surface area contributed by atoms with Gasteiger partial charge in [-0.1, -0.05) is 18.9 Å². The Labute approximate surface area is 91.5 Å². The maximum absolute atomic E-state index is 2.57. The molecule has 0 nitrogen and oxygen atoms in total. The molecule has 0 radical (unpaired) electrons. The fraction of sp³-hybridized carbons (Fsp3) is 0.846. The van der Waals surface area contributed by atoms with E-state index < -0.39 is 0 Å². The first-order valence-electron chi connectivity index (χ1n) is 6.12. The molecule has 2 unspecified atom stereocenters. The summed E-state index contributed by atoms with van der Waals surface area (Å²) in [6.45, 7) is 0. The summed E-state index contributed by atoms with van der Waals surface area (Å²) in [5, 5.41) is 0. The van der Waals surface area contributed by atoms with Gasteiger partial charge in [-0.25, -0.2) is 0 Å². The van der Waals surface area contributed by atoms with E-state index in [1.165, 1.54) is 44.9 Å². The van der Waals surface area contributed by atoms with Crippen molar-refractivity contribution in [2.75, 3.05) is 6.26 Å². The van der Waals surface area contributed by atoms with Gasteiger partial charge in [0, 0.05) is 5.41 Å². The molecule has 0 heterocycles. The van der Waals surface area contributed by atoms with Crippen molar-refractivity contribution in [1.29, 1.82) is 0 Å². The zero-order valence-corrected chi connectivity index (χ0v) is 9.91. The highest BCUT2D eigenvalue weighted by molar-refractivity contribution is 8.02. The van der Waals surface area contributed by atoms with Gasteiger partial charge in [0.2, 0.25) is 0 Å². The third kappa shape index (κ3) is 1.14. The Kier molecular flexibility index (Phi) is 2.20. The lowest BCUT2D eigenvalue weighted by molar-refractivity contribution is 0.136. The first kappa shape index (κ1) is 9.33. The summed E-state index contributed by atoms with van der Waals surface area (Å²) in [6.07, 6.45) is 15.3. The number of hydrogen-bond acceptors (Lipinski definition) is 1. The van der Waals surface area contributed by atoms with Gasteiger partial charge in [0.1, 0.15) is 0 Å². The van der Waals surface area contributed by atoms with Crippen LogP contribution in [0.25, 0.3) is 0 Å². The Morgan fingerprint density at radius 2 is 2.07 bits per heavy atom. The van der Waals surface area contributed by atoms with Crippen LogP contribution in [-0.2, 0) is 0 Å². The van der Waals surface area contributed by atoms with Crippen LogP contribution < -0.4 is 0 Å². The maximum Gasteiger partial charge on any atom is 0.00688 e. The molecule has 14 heavy (non-hydrogen) atoms. The Morgan fingerprint density at radius 1 is 1.21 bits per heavy atom. The standard InChI is InChI=1S/C13H20S/c1-14-12-8-7-10-4-2-3-9-13(10,12)11-5-6-11/h8,10-11H,2-7,9H2,1H3. The van der Waals surface area contributed by atoms with Crippen molar-refractivity contribution in [3.8, 4) is 0 Å². The van der Waals surface area contributed by atoms with Crippen LogP contribution in [0.3, 0.4) is 0 Å². The Bertz CT molecular complexity index is 264. The predicted octanol–water partition coefficient (Wildman–Crippen LogP) is 4.22. The van der Waals surface area contributed by atoms with Gasteiger partial charge >= 0.3 is 0 Å². The monoisotopic (exact) mass is 208 g/mol.